The van der Waals surface area contributed by atoms with Gasteiger partial charge in [-0.25, -0.2) is 13.2 Å². The molecule has 0 spiro atoms. The van der Waals surface area contributed by atoms with Crippen molar-refractivity contribution in [2.75, 3.05) is 0 Å². The third-order valence-corrected chi connectivity index (χ3v) is 0.476. The maximum atomic E-state index is 9.93. The van der Waals surface area contributed by atoms with Crippen LogP contribution in [0.2, 0.25) is 0 Å². The van der Waals surface area contributed by atoms with E-state index in [-0.39, 0.29) is 5.91 Å². The fourth-order valence-corrected chi connectivity index (χ4v) is 0. The molecule has 0 unspecified atom stereocenters. The number of rotatable bonds is 1. The van der Waals surface area contributed by atoms with Crippen LogP contribution in [0.25, 0.3) is 0 Å². The molecule has 0 aliphatic carbocycles. The largest absolute Gasteiger partial charge is 0.726 e. The average Bonchev–Trinajstić information content (AvgIpc) is 1.59. The van der Waals surface area contributed by atoms with Gasteiger partial charge in [0.2, 0.25) is 10.4 Å². The van der Waals surface area contributed by atoms with Crippen LogP contribution in [0.1, 0.15) is 6.92 Å². The fraction of sp³-hybridized carbons (Fsp3) is 0.250. The van der Waals surface area contributed by atoms with Gasteiger partial charge in [0.05, 0.1) is 0 Å². The molecule has 7 heteroatoms. The number of amides is 1. The average molecular weight is 183 g/mol. The molecule has 0 aromatic carbocycles. The molecule has 0 saturated heterocycles. The molecule has 0 radical (unpaired) electrons. The van der Waals surface area contributed by atoms with Crippen molar-refractivity contribution in [2.24, 2.45) is 0 Å². The zero-order chi connectivity index (χ0) is 9.65. The maximum absolute atomic E-state index is 9.93. The van der Waals surface area contributed by atoms with Crippen LogP contribution in [-0.2, 0) is 15.2 Å². The van der Waals surface area contributed by atoms with E-state index in [9.17, 15) is 4.79 Å². The smallest absolute Gasteiger partial charge is 0.336 e. The Bertz CT molecular complexity index is 221. The lowest BCUT2D eigenvalue weighted by Gasteiger charge is -1.88. The zero-order valence-corrected chi connectivity index (χ0v) is 6.72. The van der Waals surface area contributed by atoms with Crippen molar-refractivity contribution in [3.05, 3.63) is 12.2 Å². The molecule has 66 valence electrons. The number of hydrogen-bond donors (Lipinski definition) is 2. The SMILES string of the molecule is C=C(C)C([NH3+])=O.O=S(=O)([O-])O. The van der Waals surface area contributed by atoms with Gasteiger partial charge in [-0.05, 0) is 6.92 Å². The van der Waals surface area contributed by atoms with Crippen molar-refractivity contribution in [1.29, 1.82) is 0 Å². The molecule has 1 amide bonds. The van der Waals surface area contributed by atoms with E-state index in [1.165, 1.54) is 0 Å². The Morgan fingerprint density at radius 1 is 1.64 bits per heavy atom. The van der Waals surface area contributed by atoms with Crippen LogP contribution in [0.5, 0.6) is 0 Å². The molecule has 0 rings (SSSR count). The normalized spacial score (nSPS) is 9.45. The molecule has 4 N–H and O–H groups in total. The van der Waals surface area contributed by atoms with E-state index in [0.717, 1.165) is 0 Å². The van der Waals surface area contributed by atoms with Crippen LogP contribution < -0.4 is 5.73 Å². The minimum absolute atomic E-state index is 0.185. The second-order valence-electron chi connectivity index (χ2n) is 1.63. The van der Waals surface area contributed by atoms with Gasteiger partial charge >= 0.3 is 5.91 Å². The lowest BCUT2D eigenvalue weighted by Crippen LogP contribution is -2.57. The first-order valence-corrected chi connectivity index (χ1v) is 3.71. The minimum atomic E-state index is -4.92. The molecular formula is C4H9NO5S. The third-order valence-electron chi connectivity index (χ3n) is 0.476. The van der Waals surface area contributed by atoms with E-state index in [1.54, 1.807) is 6.92 Å². The quantitative estimate of drug-likeness (QED) is 0.286. The van der Waals surface area contributed by atoms with Crippen LogP contribution in [0.15, 0.2) is 12.2 Å². The summed E-state index contributed by atoms with van der Waals surface area (Å²) in [7, 11) is -4.92. The number of quaternary nitrogens is 1. The molecule has 11 heavy (non-hydrogen) atoms. The van der Waals surface area contributed by atoms with Gasteiger partial charge in [-0.1, -0.05) is 6.58 Å². The molecule has 0 aromatic rings. The van der Waals surface area contributed by atoms with Gasteiger partial charge in [-0.3, -0.25) is 10.3 Å². The Hall–Kier alpha value is -0.760. The maximum Gasteiger partial charge on any atom is 0.336 e. The molecule has 0 saturated carbocycles. The summed E-state index contributed by atoms with van der Waals surface area (Å²) in [5.41, 5.74) is 3.61. The van der Waals surface area contributed by atoms with Crippen molar-refractivity contribution in [1.82, 2.24) is 0 Å². The van der Waals surface area contributed by atoms with E-state index in [1.807, 2.05) is 0 Å². The van der Waals surface area contributed by atoms with Crippen LogP contribution >= 0.6 is 0 Å². The summed E-state index contributed by atoms with van der Waals surface area (Å²) < 4.78 is 32.8. The predicted molar refractivity (Wildman–Crippen MR) is 35.0 cm³/mol. The Kier molecular flexibility index (Phi) is 5.81. The Morgan fingerprint density at radius 2 is 1.73 bits per heavy atom. The van der Waals surface area contributed by atoms with Gasteiger partial charge in [0, 0.05) is 5.57 Å². The molecule has 0 aromatic heterocycles. The van der Waals surface area contributed by atoms with Crippen LogP contribution in [-0.4, -0.2) is 23.4 Å². The topological polar surface area (TPSA) is 122 Å². The van der Waals surface area contributed by atoms with E-state index in [0.29, 0.717) is 5.57 Å². The van der Waals surface area contributed by atoms with Crippen LogP contribution in [0, 0.1) is 0 Å². The number of carbonyl (C=O) groups excluding carboxylic acids is 1. The summed E-state index contributed by atoms with van der Waals surface area (Å²) in [5.74, 6) is -0.185. The standard InChI is InChI=1S/C4H7NO.H2O4S/c1-3(2)4(5)6;1-5(2,3)4/h1H2,2H3,(H2,5,6);(H2,1,2,3,4). The van der Waals surface area contributed by atoms with Crippen molar-refractivity contribution >= 4 is 16.3 Å². The number of carbonyl (C=O) groups is 1. The molecule has 6 nitrogen and oxygen atoms in total. The summed E-state index contributed by atoms with van der Waals surface area (Å²) >= 11 is 0. The van der Waals surface area contributed by atoms with Crippen molar-refractivity contribution in [3.63, 3.8) is 0 Å². The molecule has 0 aliphatic heterocycles. The Labute approximate surface area is 64.3 Å². The third kappa shape index (κ3) is 46.1. The molecule has 0 bridgehead atoms. The van der Waals surface area contributed by atoms with Gasteiger partial charge in [-0.15, -0.1) is 0 Å². The second kappa shape index (κ2) is 4.97. The Balaban J connectivity index is 0. The predicted octanol–water partition coefficient (Wildman–Crippen LogP) is -1.66. The highest BCUT2D eigenvalue weighted by Gasteiger charge is 1.92. The molecular weight excluding hydrogens is 174 g/mol. The second-order valence-corrected chi connectivity index (χ2v) is 2.49. The van der Waals surface area contributed by atoms with Gasteiger partial charge < -0.3 is 4.55 Å². The van der Waals surface area contributed by atoms with Crippen molar-refractivity contribution < 1.29 is 28.1 Å². The number of hydrogen-bond acceptors (Lipinski definition) is 4. The van der Waals surface area contributed by atoms with Gasteiger partial charge in [0.25, 0.3) is 0 Å². The highest BCUT2D eigenvalue weighted by molar-refractivity contribution is 7.79. The lowest BCUT2D eigenvalue weighted by atomic mass is 10.3. The molecule has 0 fully saturated rings. The monoisotopic (exact) mass is 183 g/mol. The van der Waals surface area contributed by atoms with E-state index in [2.05, 4.69) is 12.3 Å². The molecule has 0 heterocycles. The summed E-state index contributed by atoms with van der Waals surface area (Å²) in [6.07, 6.45) is 0. The summed E-state index contributed by atoms with van der Waals surface area (Å²) in [5, 5.41) is 0. The summed E-state index contributed by atoms with van der Waals surface area (Å²) in [6, 6.07) is 0. The fourth-order valence-electron chi connectivity index (χ4n) is 0. The van der Waals surface area contributed by atoms with Crippen LogP contribution in [0.4, 0.5) is 0 Å². The minimum Gasteiger partial charge on any atom is -0.726 e. The lowest BCUT2D eigenvalue weighted by molar-refractivity contribution is -0.299. The summed E-state index contributed by atoms with van der Waals surface area (Å²) in [4.78, 5) is 9.93. The van der Waals surface area contributed by atoms with E-state index < -0.39 is 10.4 Å². The highest BCUT2D eigenvalue weighted by atomic mass is 32.3. The first-order valence-electron chi connectivity index (χ1n) is 2.34. The van der Waals surface area contributed by atoms with Crippen molar-refractivity contribution in [3.8, 4) is 0 Å². The van der Waals surface area contributed by atoms with E-state index in [4.69, 9.17) is 17.5 Å². The molecule has 0 atom stereocenters. The van der Waals surface area contributed by atoms with Crippen molar-refractivity contribution in [2.45, 2.75) is 6.92 Å². The molecule has 0 aliphatic rings. The van der Waals surface area contributed by atoms with Crippen LogP contribution in [0.3, 0.4) is 0 Å². The highest BCUT2D eigenvalue weighted by Crippen LogP contribution is 1.76. The van der Waals surface area contributed by atoms with Gasteiger partial charge in [0.15, 0.2) is 0 Å². The zero-order valence-electron chi connectivity index (χ0n) is 5.90. The first-order chi connectivity index (χ1) is 4.64. The summed E-state index contributed by atoms with van der Waals surface area (Å²) in [6.45, 7) is 4.98. The van der Waals surface area contributed by atoms with Gasteiger partial charge in [-0.2, -0.15) is 0 Å². The first kappa shape index (κ1) is 12.9. The Morgan fingerprint density at radius 3 is 1.73 bits per heavy atom. The van der Waals surface area contributed by atoms with Gasteiger partial charge in [0.1, 0.15) is 0 Å². The van der Waals surface area contributed by atoms with E-state index >= 15 is 0 Å².